The van der Waals surface area contributed by atoms with E-state index in [4.69, 9.17) is 9.84 Å². The molecule has 0 amide bonds. The molecule has 0 saturated heterocycles. The molecule has 2 rings (SSSR count). The van der Waals surface area contributed by atoms with Gasteiger partial charge in [0.1, 0.15) is 11.5 Å². The summed E-state index contributed by atoms with van der Waals surface area (Å²) >= 11 is 0. The molecule has 0 aromatic heterocycles. The van der Waals surface area contributed by atoms with Crippen LogP contribution in [-0.2, 0) is 6.42 Å². The summed E-state index contributed by atoms with van der Waals surface area (Å²) in [5.74, 6) is 0.0193. The Morgan fingerprint density at radius 2 is 2.22 bits per heavy atom. The topological polar surface area (TPSA) is 87.0 Å². The summed E-state index contributed by atoms with van der Waals surface area (Å²) in [6.07, 6.45) is 0.00664. The van der Waals surface area contributed by atoms with Crippen molar-refractivity contribution in [2.24, 2.45) is 0 Å². The quantitative estimate of drug-likeness (QED) is 0.745. The molecule has 0 radical (unpaired) electrons. The Kier molecular flexibility index (Phi) is 3.54. The van der Waals surface area contributed by atoms with Crippen LogP contribution in [0.3, 0.4) is 0 Å². The molecule has 0 spiro atoms. The van der Waals surface area contributed by atoms with E-state index in [9.17, 15) is 15.0 Å². The molecule has 5 nitrogen and oxygen atoms in total. The lowest BCUT2D eigenvalue weighted by molar-refractivity contribution is 0.0891. The van der Waals surface area contributed by atoms with Crippen LogP contribution in [0.2, 0.25) is 0 Å². The number of benzene rings is 1. The van der Waals surface area contributed by atoms with Gasteiger partial charge in [-0.3, -0.25) is 4.79 Å². The number of fused-ring (bicyclic) bond motifs is 1. The van der Waals surface area contributed by atoms with Crippen molar-refractivity contribution >= 4 is 5.78 Å². The molecule has 1 unspecified atom stereocenters. The van der Waals surface area contributed by atoms with Crippen molar-refractivity contribution in [2.45, 2.75) is 25.4 Å². The number of phenols is 1. The highest BCUT2D eigenvalue weighted by molar-refractivity contribution is 6.02. The van der Waals surface area contributed by atoms with Crippen LogP contribution in [-0.4, -0.2) is 34.8 Å². The number of carbonyl (C=O) groups excluding carboxylic acids is 1. The number of Topliss-reactive ketones (excluding diaryl/α,β-unsaturated/α-hetero) is 1. The number of aromatic hydroxyl groups is 1. The van der Waals surface area contributed by atoms with Crippen molar-refractivity contribution in [1.29, 1.82) is 0 Å². The van der Waals surface area contributed by atoms with E-state index in [0.29, 0.717) is 23.3 Å². The summed E-state index contributed by atoms with van der Waals surface area (Å²) in [5.41, 5.74) is 0.974. The third kappa shape index (κ3) is 1.95. The van der Waals surface area contributed by atoms with Crippen molar-refractivity contribution < 1.29 is 24.9 Å². The molecule has 1 atom stereocenters. The van der Waals surface area contributed by atoms with Crippen LogP contribution in [0.1, 0.15) is 40.4 Å². The molecule has 1 aliphatic rings. The highest BCUT2D eigenvalue weighted by atomic mass is 16.5. The van der Waals surface area contributed by atoms with Crippen LogP contribution in [0.25, 0.3) is 0 Å². The van der Waals surface area contributed by atoms with Gasteiger partial charge in [-0.15, -0.1) is 0 Å². The molecule has 1 aromatic rings. The van der Waals surface area contributed by atoms with Gasteiger partial charge in [-0.05, 0) is 18.1 Å². The summed E-state index contributed by atoms with van der Waals surface area (Å²) < 4.78 is 5.13. The number of ether oxygens (including phenoxy) is 1. The number of methoxy groups -OCH3 is 1. The van der Waals surface area contributed by atoms with E-state index in [2.05, 4.69) is 0 Å². The average Bonchev–Trinajstić information content (AvgIpc) is 2.36. The van der Waals surface area contributed by atoms with E-state index in [0.717, 1.165) is 0 Å². The maximum absolute atomic E-state index is 11.8. The normalized spacial score (nSPS) is 18.6. The molecule has 1 aromatic carbocycles. The lowest BCUT2D eigenvalue weighted by Crippen LogP contribution is -2.17. The van der Waals surface area contributed by atoms with Gasteiger partial charge < -0.3 is 20.1 Å². The van der Waals surface area contributed by atoms with E-state index in [1.807, 2.05) is 0 Å². The van der Waals surface area contributed by atoms with Crippen LogP contribution in [0, 0.1) is 0 Å². The van der Waals surface area contributed by atoms with E-state index >= 15 is 0 Å². The number of hydrogen-bond donors (Lipinski definition) is 3. The largest absolute Gasteiger partial charge is 0.507 e. The van der Waals surface area contributed by atoms with Crippen LogP contribution < -0.4 is 4.74 Å². The van der Waals surface area contributed by atoms with E-state index < -0.39 is 6.10 Å². The second-order valence-corrected chi connectivity index (χ2v) is 4.32. The molecule has 0 aliphatic heterocycles. The van der Waals surface area contributed by atoms with Crippen LogP contribution in [0.4, 0.5) is 0 Å². The van der Waals surface area contributed by atoms with E-state index in [1.165, 1.54) is 7.11 Å². The summed E-state index contributed by atoms with van der Waals surface area (Å²) in [6, 6.07) is 1.57. The number of rotatable bonds is 3. The van der Waals surface area contributed by atoms with E-state index in [1.54, 1.807) is 6.07 Å². The maximum atomic E-state index is 11.8. The van der Waals surface area contributed by atoms with Gasteiger partial charge in [0.25, 0.3) is 0 Å². The highest BCUT2D eigenvalue weighted by Crippen LogP contribution is 2.41. The van der Waals surface area contributed by atoms with Gasteiger partial charge in [0.05, 0.1) is 18.8 Å². The van der Waals surface area contributed by atoms with Crippen molar-refractivity contribution in [3.8, 4) is 11.5 Å². The first-order chi connectivity index (χ1) is 8.60. The zero-order chi connectivity index (χ0) is 13.3. The monoisotopic (exact) mass is 252 g/mol. The number of aliphatic hydroxyl groups is 2. The Balaban J connectivity index is 2.65. The minimum absolute atomic E-state index is 0.153. The molecular formula is C13H16O5. The van der Waals surface area contributed by atoms with Gasteiger partial charge in [-0.1, -0.05) is 0 Å². The molecule has 5 heteroatoms. The molecule has 18 heavy (non-hydrogen) atoms. The molecule has 0 heterocycles. The zero-order valence-electron chi connectivity index (χ0n) is 10.1. The lowest BCUT2D eigenvalue weighted by Gasteiger charge is -2.24. The fraction of sp³-hybridized carbons (Fsp3) is 0.462. The smallest absolute Gasteiger partial charge is 0.167 e. The lowest BCUT2D eigenvalue weighted by atomic mass is 9.85. The minimum atomic E-state index is -0.763. The number of carbonyl (C=O) groups is 1. The maximum Gasteiger partial charge on any atom is 0.167 e. The number of ketones is 1. The molecule has 1 aliphatic carbocycles. The Labute approximate surface area is 105 Å². The number of hydrogen-bond acceptors (Lipinski definition) is 5. The Morgan fingerprint density at radius 1 is 1.50 bits per heavy atom. The molecule has 0 fully saturated rings. The summed E-state index contributed by atoms with van der Waals surface area (Å²) in [4.78, 5) is 11.8. The van der Waals surface area contributed by atoms with Gasteiger partial charge in [-0.2, -0.15) is 0 Å². The highest BCUT2D eigenvalue weighted by Gasteiger charge is 2.30. The Bertz CT molecular complexity index is 481. The molecular weight excluding hydrogens is 236 g/mol. The first kappa shape index (κ1) is 12.9. The van der Waals surface area contributed by atoms with E-state index in [-0.39, 0.29) is 36.5 Å². The summed E-state index contributed by atoms with van der Waals surface area (Å²) in [7, 11) is 1.44. The van der Waals surface area contributed by atoms with Crippen LogP contribution in [0.15, 0.2) is 6.07 Å². The summed E-state index contributed by atoms with van der Waals surface area (Å²) in [6.45, 7) is -0.153. The van der Waals surface area contributed by atoms with Crippen LogP contribution in [0.5, 0.6) is 11.5 Å². The SMILES string of the molecule is COc1cc2c(c(O)c1CCO)C(=O)CCC2O. The number of phenolic OH excluding ortho intramolecular Hbond substituents is 1. The fourth-order valence-electron chi connectivity index (χ4n) is 2.34. The minimum Gasteiger partial charge on any atom is -0.507 e. The molecule has 3 N–H and O–H groups in total. The summed E-state index contributed by atoms with van der Waals surface area (Å²) in [5, 5.41) is 29.0. The van der Waals surface area contributed by atoms with Gasteiger partial charge in [0.2, 0.25) is 0 Å². The van der Waals surface area contributed by atoms with Gasteiger partial charge >= 0.3 is 0 Å². The third-order valence-electron chi connectivity index (χ3n) is 3.26. The second kappa shape index (κ2) is 4.96. The van der Waals surface area contributed by atoms with Crippen molar-refractivity contribution in [3.05, 3.63) is 22.8 Å². The van der Waals surface area contributed by atoms with Crippen molar-refractivity contribution in [2.75, 3.05) is 13.7 Å². The van der Waals surface area contributed by atoms with Gasteiger partial charge in [0, 0.05) is 25.0 Å². The van der Waals surface area contributed by atoms with Crippen molar-refractivity contribution in [3.63, 3.8) is 0 Å². The number of aliphatic hydroxyl groups excluding tert-OH is 2. The predicted molar refractivity (Wildman–Crippen MR) is 64.0 cm³/mol. The standard InChI is InChI=1S/C13H16O5/c1-18-11-6-8-9(15)2-3-10(16)12(8)13(17)7(11)4-5-14/h6,9,14-15,17H,2-5H2,1H3. The molecule has 98 valence electrons. The molecule has 0 saturated carbocycles. The Hall–Kier alpha value is -1.59. The second-order valence-electron chi connectivity index (χ2n) is 4.32. The zero-order valence-corrected chi connectivity index (χ0v) is 10.1. The van der Waals surface area contributed by atoms with Crippen LogP contribution >= 0.6 is 0 Å². The fourth-order valence-corrected chi connectivity index (χ4v) is 2.34. The first-order valence-corrected chi connectivity index (χ1v) is 5.85. The third-order valence-corrected chi connectivity index (χ3v) is 3.26. The van der Waals surface area contributed by atoms with Gasteiger partial charge in [0.15, 0.2) is 5.78 Å². The first-order valence-electron chi connectivity index (χ1n) is 5.85. The molecule has 0 bridgehead atoms. The van der Waals surface area contributed by atoms with Crippen molar-refractivity contribution in [1.82, 2.24) is 0 Å². The van der Waals surface area contributed by atoms with Gasteiger partial charge in [-0.25, -0.2) is 0 Å². The average molecular weight is 252 g/mol. The predicted octanol–water partition coefficient (Wildman–Crippen LogP) is 0.945. The Morgan fingerprint density at radius 3 is 2.83 bits per heavy atom.